The fraction of sp³-hybridized carbons (Fsp3) is 0.400. The first-order chi connectivity index (χ1) is 10.3. The van der Waals surface area contributed by atoms with Crippen LogP contribution < -0.4 is 4.74 Å². The number of ether oxygens (including phenoxy) is 1. The van der Waals surface area contributed by atoms with E-state index in [1.165, 1.54) is 6.92 Å². The quantitative estimate of drug-likeness (QED) is 0.748. The van der Waals surface area contributed by atoms with E-state index < -0.39 is 6.36 Å². The fourth-order valence-corrected chi connectivity index (χ4v) is 3.16. The lowest BCUT2D eigenvalue weighted by Crippen LogP contribution is -2.20. The molecule has 0 spiro atoms. The van der Waals surface area contributed by atoms with Gasteiger partial charge in [0.05, 0.1) is 16.4 Å². The van der Waals surface area contributed by atoms with Crippen LogP contribution in [-0.2, 0) is 6.54 Å². The van der Waals surface area contributed by atoms with Crippen LogP contribution in [0.4, 0.5) is 4.39 Å². The van der Waals surface area contributed by atoms with Crippen molar-refractivity contribution in [2.75, 3.05) is 7.05 Å². The largest absolute Gasteiger partial charge is 0.443 e. The molecule has 1 aromatic heterocycles. The Morgan fingerprint density at radius 1 is 1.55 bits per heavy atom. The number of halogens is 3. The van der Waals surface area contributed by atoms with Crippen molar-refractivity contribution in [3.8, 4) is 5.88 Å². The molecule has 22 heavy (non-hydrogen) atoms. The van der Waals surface area contributed by atoms with Gasteiger partial charge in [-0.1, -0.05) is 18.2 Å². The molecule has 1 aliphatic heterocycles. The lowest BCUT2D eigenvalue weighted by Gasteiger charge is -2.28. The highest BCUT2D eigenvalue weighted by Crippen LogP contribution is 2.40. The SMILES string of the molecule is C=C1C(Cl)=CC(C)=C(c2nn(CC)c(OC(C)F)c2Br)N1C. The number of allylic oxidation sites excluding steroid dienone is 3. The average molecular weight is 391 g/mol. The van der Waals surface area contributed by atoms with Gasteiger partial charge in [0.15, 0.2) is 0 Å². The minimum absolute atomic E-state index is 0.368. The summed E-state index contributed by atoms with van der Waals surface area (Å²) >= 11 is 9.63. The molecule has 2 heterocycles. The zero-order valence-electron chi connectivity index (χ0n) is 13.0. The Balaban J connectivity index is 2.60. The van der Waals surface area contributed by atoms with Gasteiger partial charge in [0.25, 0.3) is 0 Å². The van der Waals surface area contributed by atoms with E-state index in [1.54, 1.807) is 4.68 Å². The molecule has 0 saturated heterocycles. The third-order valence-electron chi connectivity index (χ3n) is 3.38. The van der Waals surface area contributed by atoms with Crippen LogP contribution in [0.2, 0.25) is 0 Å². The minimum atomic E-state index is -1.42. The predicted octanol–water partition coefficient (Wildman–Crippen LogP) is 4.67. The Bertz CT molecular complexity index is 679. The van der Waals surface area contributed by atoms with E-state index in [-0.39, 0.29) is 0 Å². The third kappa shape index (κ3) is 2.94. The van der Waals surface area contributed by atoms with Crippen LogP contribution in [0.3, 0.4) is 0 Å². The molecule has 0 amide bonds. The van der Waals surface area contributed by atoms with Gasteiger partial charge in [-0.15, -0.1) is 0 Å². The van der Waals surface area contributed by atoms with E-state index in [0.717, 1.165) is 11.3 Å². The van der Waals surface area contributed by atoms with Crippen molar-refractivity contribution in [1.82, 2.24) is 14.7 Å². The van der Waals surface area contributed by atoms with Crippen LogP contribution in [0.25, 0.3) is 5.70 Å². The number of hydrogen-bond donors (Lipinski definition) is 0. The second-order valence-corrected chi connectivity index (χ2v) is 6.17. The molecule has 120 valence electrons. The molecule has 1 aliphatic rings. The topological polar surface area (TPSA) is 30.3 Å². The summed E-state index contributed by atoms with van der Waals surface area (Å²) in [5, 5.41) is 5.12. The van der Waals surface area contributed by atoms with Crippen LogP contribution in [0.1, 0.15) is 26.5 Å². The molecular weight excluding hydrogens is 373 g/mol. The highest BCUT2D eigenvalue weighted by Gasteiger charge is 2.27. The summed E-state index contributed by atoms with van der Waals surface area (Å²) in [7, 11) is 1.87. The summed E-state index contributed by atoms with van der Waals surface area (Å²) in [5.41, 5.74) is 3.15. The maximum atomic E-state index is 13.3. The molecule has 7 heteroatoms. The Morgan fingerprint density at radius 3 is 2.73 bits per heavy atom. The Morgan fingerprint density at radius 2 is 2.18 bits per heavy atom. The highest BCUT2D eigenvalue weighted by atomic mass is 79.9. The molecule has 0 bridgehead atoms. The standard InChI is InChI=1S/C15H18BrClFN3O/c1-6-21-15(22-10(4)18)12(16)13(19-21)14-8(2)7-11(17)9(3)20(14)5/h7,10H,3,6H2,1-2,4-5H3. The van der Waals surface area contributed by atoms with E-state index in [4.69, 9.17) is 16.3 Å². The molecule has 0 saturated carbocycles. The lowest BCUT2D eigenvalue weighted by atomic mass is 10.1. The van der Waals surface area contributed by atoms with Crippen molar-refractivity contribution in [3.05, 3.63) is 39.1 Å². The van der Waals surface area contributed by atoms with Crippen molar-refractivity contribution < 1.29 is 9.13 Å². The second kappa shape index (κ2) is 6.46. The van der Waals surface area contributed by atoms with E-state index in [1.807, 2.05) is 31.9 Å². The number of alkyl halides is 1. The van der Waals surface area contributed by atoms with Crippen LogP contribution in [0.5, 0.6) is 5.88 Å². The van der Waals surface area contributed by atoms with Crippen LogP contribution in [-0.4, -0.2) is 28.1 Å². The van der Waals surface area contributed by atoms with Gasteiger partial charge in [-0.25, -0.2) is 9.07 Å². The molecule has 1 unspecified atom stereocenters. The minimum Gasteiger partial charge on any atom is -0.443 e. The van der Waals surface area contributed by atoms with Gasteiger partial charge in [-0.2, -0.15) is 5.10 Å². The number of hydrogen-bond acceptors (Lipinski definition) is 3. The van der Waals surface area contributed by atoms with Crippen molar-refractivity contribution in [2.24, 2.45) is 0 Å². The van der Waals surface area contributed by atoms with Crippen LogP contribution in [0.15, 0.2) is 33.4 Å². The van der Waals surface area contributed by atoms with Crippen LogP contribution >= 0.6 is 27.5 Å². The fourth-order valence-electron chi connectivity index (χ4n) is 2.30. The molecule has 1 aromatic rings. The van der Waals surface area contributed by atoms with Gasteiger partial charge in [-0.3, -0.25) is 0 Å². The first kappa shape index (κ1) is 17.1. The normalized spacial score (nSPS) is 17.0. The summed E-state index contributed by atoms with van der Waals surface area (Å²) in [5.74, 6) is 0.368. The smallest absolute Gasteiger partial charge is 0.237 e. The zero-order valence-corrected chi connectivity index (χ0v) is 15.3. The van der Waals surface area contributed by atoms with Gasteiger partial charge in [-0.05, 0) is 41.4 Å². The van der Waals surface area contributed by atoms with E-state index in [2.05, 4.69) is 27.6 Å². The van der Waals surface area contributed by atoms with E-state index in [9.17, 15) is 4.39 Å². The molecule has 0 aromatic carbocycles. The highest BCUT2D eigenvalue weighted by molar-refractivity contribution is 9.10. The van der Waals surface area contributed by atoms with Gasteiger partial charge in [0.1, 0.15) is 10.2 Å². The lowest BCUT2D eigenvalue weighted by molar-refractivity contribution is 0.0743. The number of nitrogens with zero attached hydrogens (tertiary/aromatic N) is 3. The molecule has 0 aliphatic carbocycles. The second-order valence-electron chi connectivity index (χ2n) is 4.97. The summed E-state index contributed by atoms with van der Waals surface area (Å²) in [6.07, 6.45) is 0.421. The van der Waals surface area contributed by atoms with Gasteiger partial charge in [0.2, 0.25) is 12.2 Å². The molecule has 0 fully saturated rings. The number of likely N-dealkylation sites (N-methyl/N-ethyl adjacent to an activating group) is 1. The van der Waals surface area contributed by atoms with Gasteiger partial charge in [0, 0.05) is 20.5 Å². The summed E-state index contributed by atoms with van der Waals surface area (Å²) < 4.78 is 20.7. The molecule has 1 atom stereocenters. The predicted molar refractivity (Wildman–Crippen MR) is 90.2 cm³/mol. The average Bonchev–Trinajstić information content (AvgIpc) is 2.73. The number of aromatic nitrogens is 2. The summed E-state index contributed by atoms with van der Waals surface area (Å²) in [4.78, 5) is 1.87. The molecule has 0 radical (unpaired) electrons. The van der Waals surface area contributed by atoms with E-state index in [0.29, 0.717) is 33.3 Å². The maximum Gasteiger partial charge on any atom is 0.237 e. The van der Waals surface area contributed by atoms with Crippen molar-refractivity contribution in [1.29, 1.82) is 0 Å². The van der Waals surface area contributed by atoms with Crippen molar-refractivity contribution in [2.45, 2.75) is 33.7 Å². The number of aryl methyl sites for hydroxylation is 1. The van der Waals surface area contributed by atoms with E-state index >= 15 is 0 Å². The molecular formula is C15H18BrClFN3O. The maximum absolute atomic E-state index is 13.3. The van der Waals surface area contributed by atoms with Crippen molar-refractivity contribution >= 4 is 33.2 Å². The molecule has 2 rings (SSSR count). The Hall–Kier alpha value is -1.27. The number of rotatable bonds is 4. The molecule has 0 N–H and O–H groups in total. The molecule has 4 nitrogen and oxygen atoms in total. The third-order valence-corrected chi connectivity index (χ3v) is 4.42. The zero-order chi connectivity index (χ0) is 16.6. The first-order valence-corrected chi connectivity index (χ1v) is 8.03. The first-order valence-electron chi connectivity index (χ1n) is 6.86. The van der Waals surface area contributed by atoms with Crippen LogP contribution in [0, 0.1) is 0 Å². The van der Waals surface area contributed by atoms with Crippen molar-refractivity contribution in [3.63, 3.8) is 0 Å². The monoisotopic (exact) mass is 389 g/mol. The summed E-state index contributed by atoms with van der Waals surface area (Å²) in [6.45, 7) is 9.72. The Labute approximate surface area is 143 Å². The van der Waals surface area contributed by atoms with Gasteiger partial charge < -0.3 is 9.64 Å². The van der Waals surface area contributed by atoms with Gasteiger partial charge >= 0.3 is 0 Å². The summed E-state index contributed by atoms with van der Waals surface area (Å²) in [6, 6.07) is 0. The Kier molecular flexibility index (Phi) is 5.02.